The Morgan fingerprint density at radius 2 is 2.10 bits per heavy atom. The van der Waals surface area contributed by atoms with E-state index in [1.54, 1.807) is 0 Å². The number of rotatable bonds is 4. The van der Waals surface area contributed by atoms with Crippen molar-refractivity contribution >= 4 is 5.69 Å². The van der Waals surface area contributed by atoms with Crippen molar-refractivity contribution in [2.75, 3.05) is 18.0 Å². The first kappa shape index (κ1) is 15.3. The molecule has 112 valence electrons. The monoisotopic (exact) mass is 275 g/mol. The first-order chi connectivity index (χ1) is 9.61. The lowest BCUT2D eigenvalue weighted by Crippen LogP contribution is -2.25. The van der Waals surface area contributed by atoms with Gasteiger partial charge in [-0.1, -0.05) is 20.8 Å². The molecule has 0 amide bonds. The lowest BCUT2D eigenvalue weighted by molar-refractivity contribution is 0.351. The van der Waals surface area contributed by atoms with Crippen LogP contribution in [0.25, 0.3) is 0 Å². The van der Waals surface area contributed by atoms with E-state index in [1.165, 1.54) is 24.9 Å². The molecule has 3 heteroatoms. The van der Waals surface area contributed by atoms with Crippen molar-refractivity contribution < 1.29 is 0 Å². The van der Waals surface area contributed by atoms with Crippen LogP contribution in [0.5, 0.6) is 0 Å². The Hall–Kier alpha value is -1.09. The first-order valence-electron chi connectivity index (χ1n) is 8.08. The lowest BCUT2D eigenvalue weighted by Gasteiger charge is -2.23. The number of pyridine rings is 1. The van der Waals surface area contributed by atoms with E-state index in [1.807, 2.05) is 6.20 Å². The molecule has 2 N–H and O–H groups in total. The second-order valence-corrected chi connectivity index (χ2v) is 6.38. The van der Waals surface area contributed by atoms with E-state index in [-0.39, 0.29) is 6.04 Å². The van der Waals surface area contributed by atoms with E-state index in [4.69, 9.17) is 5.73 Å². The van der Waals surface area contributed by atoms with Gasteiger partial charge in [0.15, 0.2) is 0 Å². The normalized spacial score (nSPS) is 21.9. The Bertz CT molecular complexity index is 399. The second kappa shape index (κ2) is 7.07. The third-order valence-corrected chi connectivity index (χ3v) is 4.67. The van der Waals surface area contributed by atoms with Crippen molar-refractivity contribution in [2.24, 2.45) is 17.6 Å². The summed E-state index contributed by atoms with van der Waals surface area (Å²) in [5.41, 5.74) is 8.28. The third-order valence-electron chi connectivity index (χ3n) is 4.67. The van der Waals surface area contributed by atoms with Crippen LogP contribution in [0.2, 0.25) is 0 Å². The maximum Gasteiger partial charge on any atom is 0.0572 e. The van der Waals surface area contributed by atoms with Gasteiger partial charge < -0.3 is 10.6 Å². The Labute approximate surface area is 123 Å². The van der Waals surface area contributed by atoms with Gasteiger partial charge in [-0.05, 0) is 49.7 Å². The molecule has 0 saturated carbocycles. The molecule has 0 bridgehead atoms. The van der Waals surface area contributed by atoms with Crippen molar-refractivity contribution in [2.45, 2.75) is 52.5 Å². The molecule has 1 aromatic heterocycles. The molecule has 1 aliphatic rings. The van der Waals surface area contributed by atoms with Crippen LogP contribution in [0.15, 0.2) is 18.3 Å². The van der Waals surface area contributed by atoms with Crippen LogP contribution in [0, 0.1) is 11.8 Å². The first-order valence-corrected chi connectivity index (χ1v) is 8.08. The van der Waals surface area contributed by atoms with Gasteiger partial charge in [0.05, 0.1) is 17.6 Å². The summed E-state index contributed by atoms with van der Waals surface area (Å²) in [4.78, 5) is 7.03. The number of aromatic nitrogens is 1. The summed E-state index contributed by atoms with van der Waals surface area (Å²) in [5, 5.41) is 0. The fraction of sp³-hybridized carbons (Fsp3) is 0.706. The van der Waals surface area contributed by atoms with Gasteiger partial charge in [-0.25, -0.2) is 0 Å². The molecule has 1 aliphatic heterocycles. The zero-order valence-electron chi connectivity index (χ0n) is 13.2. The molecule has 0 aliphatic carbocycles. The predicted octanol–water partition coefficient (Wildman–Crippen LogP) is 3.75. The molecule has 1 fully saturated rings. The predicted molar refractivity (Wildman–Crippen MR) is 85.8 cm³/mol. The molecular formula is C17H29N3. The van der Waals surface area contributed by atoms with Gasteiger partial charge in [0.2, 0.25) is 0 Å². The fourth-order valence-corrected chi connectivity index (χ4v) is 3.06. The molecule has 2 atom stereocenters. The van der Waals surface area contributed by atoms with Crippen molar-refractivity contribution in [3.8, 4) is 0 Å². The summed E-state index contributed by atoms with van der Waals surface area (Å²) in [7, 11) is 0. The number of anilines is 1. The molecule has 2 rings (SSSR count). The number of hydrogen-bond acceptors (Lipinski definition) is 3. The van der Waals surface area contributed by atoms with Crippen LogP contribution in [-0.4, -0.2) is 18.1 Å². The molecule has 1 unspecified atom stereocenters. The molecule has 0 aromatic carbocycles. The van der Waals surface area contributed by atoms with Crippen LogP contribution < -0.4 is 10.6 Å². The van der Waals surface area contributed by atoms with Crippen LogP contribution >= 0.6 is 0 Å². The Balaban J connectivity index is 2.01. The lowest BCUT2D eigenvalue weighted by atomic mass is 9.89. The molecule has 20 heavy (non-hydrogen) atoms. The third kappa shape index (κ3) is 3.72. The summed E-state index contributed by atoms with van der Waals surface area (Å²) in [6.45, 7) is 9.11. The summed E-state index contributed by atoms with van der Waals surface area (Å²) in [6, 6.07) is 4.35. The van der Waals surface area contributed by atoms with E-state index >= 15 is 0 Å². The van der Waals surface area contributed by atoms with Crippen molar-refractivity contribution in [3.05, 3.63) is 24.0 Å². The van der Waals surface area contributed by atoms with Gasteiger partial charge in [-0.15, -0.1) is 0 Å². The molecule has 3 nitrogen and oxygen atoms in total. The van der Waals surface area contributed by atoms with Crippen molar-refractivity contribution in [1.82, 2.24) is 4.98 Å². The highest BCUT2D eigenvalue weighted by Crippen LogP contribution is 2.27. The smallest absolute Gasteiger partial charge is 0.0572 e. The van der Waals surface area contributed by atoms with E-state index in [0.717, 1.165) is 37.0 Å². The topological polar surface area (TPSA) is 42.1 Å². The molecule has 1 saturated heterocycles. The van der Waals surface area contributed by atoms with Crippen LogP contribution in [-0.2, 0) is 0 Å². The number of hydrogen-bond donors (Lipinski definition) is 1. The molecule has 0 radical (unpaired) electrons. The Kier molecular flexibility index (Phi) is 5.41. The highest BCUT2D eigenvalue weighted by Gasteiger charge is 2.19. The summed E-state index contributed by atoms with van der Waals surface area (Å²) < 4.78 is 0. The largest absolute Gasteiger partial charge is 0.370 e. The van der Waals surface area contributed by atoms with Gasteiger partial charge in [-0.2, -0.15) is 0 Å². The maximum atomic E-state index is 6.02. The van der Waals surface area contributed by atoms with Gasteiger partial charge >= 0.3 is 0 Å². The molecule has 0 spiro atoms. The fourth-order valence-electron chi connectivity index (χ4n) is 3.06. The zero-order valence-corrected chi connectivity index (χ0v) is 13.2. The van der Waals surface area contributed by atoms with Gasteiger partial charge in [-0.3, -0.25) is 4.98 Å². The minimum Gasteiger partial charge on any atom is -0.370 e. The average Bonchev–Trinajstić information content (AvgIpc) is 2.72. The number of nitrogens with two attached hydrogens (primary N) is 1. The standard InChI is InChI=1S/C17H29N3/c1-4-16(18)17-8-7-15(12-19-17)20-10-5-6-14(9-11-20)13(2)3/h7-8,12-14,16H,4-6,9-11,18H2,1-3H3/t14?,16-/m0/s1. The maximum absolute atomic E-state index is 6.02. The molecule has 2 heterocycles. The van der Waals surface area contributed by atoms with Crippen molar-refractivity contribution in [3.63, 3.8) is 0 Å². The van der Waals surface area contributed by atoms with E-state index in [0.29, 0.717) is 0 Å². The van der Waals surface area contributed by atoms with Gasteiger partial charge in [0.1, 0.15) is 0 Å². The molecule has 1 aromatic rings. The highest BCUT2D eigenvalue weighted by molar-refractivity contribution is 5.44. The van der Waals surface area contributed by atoms with Crippen LogP contribution in [0.1, 0.15) is 58.2 Å². The zero-order chi connectivity index (χ0) is 14.5. The Morgan fingerprint density at radius 1 is 1.30 bits per heavy atom. The summed E-state index contributed by atoms with van der Waals surface area (Å²) in [6.07, 6.45) is 6.89. The minimum atomic E-state index is 0.0681. The van der Waals surface area contributed by atoms with Gasteiger partial charge in [0, 0.05) is 19.1 Å². The summed E-state index contributed by atoms with van der Waals surface area (Å²) in [5.74, 6) is 1.68. The summed E-state index contributed by atoms with van der Waals surface area (Å²) >= 11 is 0. The molecular weight excluding hydrogens is 246 g/mol. The van der Waals surface area contributed by atoms with Crippen LogP contribution in [0.3, 0.4) is 0 Å². The highest BCUT2D eigenvalue weighted by atomic mass is 15.1. The quantitative estimate of drug-likeness (QED) is 0.910. The van der Waals surface area contributed by atoms with E-state index in [2.05, 4.69) is 42.8 Å². The minimum absolute atomic E-state index is 0.0681. The van der Waals surface area contributed by atoms with E-state index in [9.17, 15) is 0 Å². The SMILES string of the molecule is CC[C@H](N)c1ccc(N2CCCC(C(C)C)CC2)cn1. The van der Waals surface area contributed by atoms with E-state index < -0.39 is 0 Å². The van der Waals surface area contributed by atoms with Crippen LogP contribution in [0.4, 0.5) is 5.69 Å². The number of nitrogens with zero attached hydrogens (tertiary/aromatic N) is 2. The van der Waals surface area contributed by atoms with Gasteiger partial charge in [0.25, 0.3) is 0 Å². The van der Waals surface area contributed by atoms with Crippen molar-refractivity contribution in [1.29, 1.82) is 0 Å². The second-order valence-electron chi connectivity index (χ2n) is 6.38. The Morgan fingerprint density at radius 3 is 2.70 bits per heavy atom. The average molecular weight is 275 g/mol.